The van der Waals surface area contributed by atoms with Crippen molar-refractivity contribution < 1.29 is 73.4 Å². The van der Waals surface area contributed by atoms with Crippen LogP contribution in [0.4, 0.5) is 35.1 Å². The van der Waals surface area contributed by atoms with E-state index in [1.807, 2.05) is 0 Å². The maximum atomic E-state index is 13.0. The molecular formula is C16H10BrF8NaO2S3. The third kappa shape index (κ3) is 12.3. The molecule has 0 aliphatic heterocycles. The Bertz CT molecular complexity index is 886. The number of hydrogen-bond donors (Lipinski definition) is 0. The van der Waals surface area contributed by atoms with Crippen molar-refractivity contribution in [2.24, 2.45) is 0 Å². The van der Waals surface area contributed by atoms with Gasteiger partial charge in [0.25, 0.3) is 0 Å². The van der Waals surface area contributed by atoms with Crippen molar-refractivity contribution in [3.05, 3.63) is 59.7 Å². The van der Waals surface area contributed by atoms with Gasteiger partial charge in [-0.15, -0.1) is 23.5 Å². The first-order valence-corrected chi connectivity index (χ1v) is 11.2. The van der Waals surface area contributed by atoms with Crippen molar-refractivity contribution >= 4 is 50.5 Å². The van der Waals surface area contributed by atoms with Gasteiger partial charge in [0.1, 0.15) is 23.3 Å². The zero-order chi connectivity index (χ0) is 23.1. The zero-order valence-electron chi connectivity index (χ0n) is 15.3. The second kappa shape index (κ2) is 13.8. The zero-order valence-corrected chi connectivity index (χ0v) is 21.4. The second-order valence-corrected chi connectivity index (χ2v) is 9.48. The van der Waals surface area contributed by atoms with Gasteiger partial charge in [0.15, 0.2) is 0 Å². The van der Waals surface area contributed by atoms with Gasteiger partial charge in [0.05, 0.1) is 11.5 Å². The average Bonchev–Trinajstić information content (AvgIpc) is 2.60. The van der Waals surface area contributed by atoms with Crippen molar-refractivity contribution in [3.63, 3.8) is 0 Å². The van der Waals surface area contributed by atoms with Crippen LogP contribution in [-0.2, 0) is 11.1 Å². The molecule has 1 atom stereocenters. The summed E-state index contributed by atoms with van der Waals surface area (Å²) in [5.74, 6) is -5.11. The minimum absolute atomic E-state index is 0. The van der Waals surface area contributed by atoms with Crippen molar-refractivity contribution in [1.29, 1.82) is 0 Å². The van der Waals surface area contributed by atoms with Crippen molar-refractivity contribution in [2.75, 3.05) is 11.5 Å². The Morgan fingerprint density at radius 1 is 0.839 bits per heavy atom. The quantitative estimate of drug-likeness (QED) is 0.164. The summed E-state index contributed by atoms with van der Waals surface area (Å²) in [6, 6.07) is 5.23. The largest absolute Gasteiger partial charge is 1.00 e. The van der Waals surface area contributed by atoms with Gasteiger partial charge in [0, 0.05) is 33.0 Å². The minimum atomic E-state index is -3.94. The minimum Gasteiger partial charge on any atom is -0.768 e. The van der Waals surface area contributed by atoms with Gasteiger partial charge in [-0.3, -0.25) is 4.21 Å². The number of benzene rings is 2. The van der Waals surface area contributed by atoms with Crippen LogP contribution in [-0.4, -0.2) is 30.4 Å². The summed E-state index contributed by atoms with van der Waals surface area (Å²) in [6.07, 6.45) is 0. The summed E-state index contributed by atoms with van der Waals surface area (Å²) in [6.45, 7) is 0. The molecule has 0 N–H and O–H groups in total. The van der Waals surface area contributed by atoms with E-state index >= 15 is 0 Å². The molecule has 2 rings (SSSR count). The van der Waals surface area contributed by atoms with Crippen LogP contribution in [0.1, 0.15) is 0 Å². The number of alkyl halides is 5. The molecule has 0 bridgehead atoms. The average molecular weight is 585 g/mol. The summed E-state index contributed by atoms with van der Waals surface area (Å²) < 4.78 is 121. The van der Waals surface area contributed by atoms with Gasteiger partial charge < -0.3 is 4.55 Å². The predicted octanol–water partition coefficient (Wildman–Crippen LogP) is 3.58. The number of hydrogen-bond acceptors (Lipinski definition) is 4. The molecule has 0 radical (unpaired) electrons. The van der Waals surface area contributed by atoms with Gasteiger partial charge in [-0.05, 0) is 40.2 Å². The van der Waals surface area contributed by atoms with E-state index in [1.165, 1.54) is 0 Å². The van der Waals surface area contributed by atoms with E-state index in [0.717, 1.165) is 24.3 Å². The molecule has 2 nitrogen and oxygen atoms in total. The fourth-order valence-electron chi connectivity index (χ4n) is 1.55. The molecule has 2 aromatic rings. The second-order valence-electron chi connectivity index (χ2n) is 5.21. The standard InChI is InChI=1S/C8H5BrF4S.C8H6F4O2S2.Na/c9-8(12,13)4-14-7-2-1-5(10)3-6(7)11;9-5-1-2-7(6(10)3-5)15-4-8(11,12)16(13)14;/h1-3H,4H2;1-3H,4H2,(H,13,14);/q;;+1/p-1. The Morgan fingerprint density at radius 3 is 1.55 bits per heavy atom. The molecular weight excluding hydrogens is 575 g/mol. The van der Waals surface area contributed by atoms with E-state index in [0.29, 0.717) is 35.7 Å². The van der Waals surface area contributed by atoms with Crippen LogP contribution in [0, 0.1) is 23.3 Å². The van der Waals surface area contributed by atoms with Gasteiger partial charge >= 0.3 is 39.6 Å². The van der Waals surface area contributed by atoms with Crippen LogP contribution in [0.3, 0.4) is 0 Å². The van der Waals surface area contributed by atoms with Crippen LogP contribution in [0.25, 0.3) is 0 Å². The van der Waals surface area contributed by atoms with E-state index < -0.39 is 55.9 Å². The predicted molar refractivity (Wildman–Crippen MR) is 102 cm³/mol. The third-order valence-electron chi connectivity index (χ3n) is 2.82. The van der Waals surface area contributed by atoms with Gasteiger partial charge in [0.2, 0.25) is 0 Å². The molecule has 0 aliphatic carbocycles. The summed E-state index contributed by atoms with van der Waals surface area (Å²) in [7, 11) is 0. The Morgan fingerprint density at radius 2 is 1.23 bits per heavy atom. The molecule has 0 saturated carbocycles. The Balaban J connectivity index is 0.000000567. The molecule has 0 spiro atoms. The van der Waals surface area contributed by atoms with Crippen molar-refractivity contribution in [1.82, 2.24) is 0 Å². The molecule has 0 aliphatic rings. The molecule has 0 heterocycles. The Kier molecular flexibility index (Phi) is 13.9. The third-order valence-corrected chi connectivity index (χ3v) is 6.58. The van der Waals surface area contributed by atoms with Gasteiger partial charge in [-0.1, -0.05) is 0 Å². The van der Waals surface area contributed by atoms with Gasteiger partial charge in [-0.25, -0.2) is 17.6 Å². The topological polar surface area (TPSA) is 40.1 Å². The molecule has 31 heavy (non-hydrogen) atoms. The molecule has 2 aromatic carbocycles. The van der Waals surface area contributed by atoms with Crippen LogP contribution < -0.4 is 29.6 Å². The molecule has 168 valence electrons. The monoisotopic (exact) mass is 584 g/mol. The normalized spacial score (nSPS) is 12.5. The van der Waals surface area contributed by atoms with Crippen LogP contribution in [0.5, 0.6) is 0 Å². The first-order valence-electron chi connectivity index (χ1n) is 7.41. The Hall–Kier alpha value is 0.170. The maximum absolute atomic E-state index is 13.0. The summed E-state index contributed by atoms with van der Waals surface area (Å²) in [4.78, 5) is -3.27. The van der Waals surface area contributed by atoms with E-state index in [9.17, 15) is 43.9 Å². The molecule has 0 amide bonds. The van der Waals surface area contributed by atoms with E-state index in [4.69, 9.17) is 0 Å². The molecule has 1 unspecified atom stereocenters. The first kappa shape index (κ1) is 31.2. The van der Waals surface area contributed by atoms with Crippen molar-refractivity contribution in [2.45, 2.75) is 19.9 Å². The maximum Gasteiger partial charge on any atom is 1.00 e. The Labute approximate surface area is 213 Å². The first-order chi connectivity index (χ1) is 13.7. The summed E-state index contributed by atoms with van der Waals surface area (Å²) >= 11 is -0.506. The fourth-order valence-corrected chi connectivity index (χ4v) is 3.82. The van der Waals surface area contributed by atoms with Crippen LogP contribution in [0.15, 0.2) is 46.2 Å². The number of thioether (sulfide) groups is 2. The fraction of sp³-hybridized carbons (Fsp3) is 0.250. The molecule has 15 heteroatoms. The summed E-state index contributed by atoms with van der Waals surface area (Å²) in [5.41, 5.74) is 0. The number of halogens is 9. The van der Waals surface area contributed by atoms with E-state index in [2.05, 4.69) is 15.9 Å². The SMILES string of the molecule is Fc1ccc(SCC(F)(F)Br)c(F)c1.O=S([O-])C(F)(F)CSc1ccc(F)cc1F.[Na+]. The van der Waals surface area contributed by atoms with Crippen LogP contribution in [0.2, 0.25) is 0 Å². The van der Waals surface area contributed by atoms with E-state index in [-0.39, 0.29) is 39.3 Å². The molecule has 0 saturated heterocycles. The van der Waals surface area contributed by atoms with E-state index in [1.54, 1.807) is 0 Å². The smallest absolute Gasteiger partial charge is 0.768 e. The van der Waals surface area contributed by atoms with Crippen molar-refractivity contribution in [3.8, 4) is 0 Å². The summed E-state index contributed by atoms with van der Waals surface area (Å²) in [5, 5.41) is -3.94. The molecule has 0 aromatic heterocycles. The van der Waals surface area contributed by atoms with Gasteiger partial charge in [-0.2, -0.15) is 17.6 Å². The molecule has 0 fully saturated rings. The van der Waals surface area contributed by atoms with Crippen LogP contribution >= 0.6 is 39.5 Å². The number of rotatable bonds is 7.